The van der Waals surface area contributed by atoms with Gasteiger partial charge in [0.15, 0.2) is 11.1 Å². The fraction of sp³-hybridized carbons (Fsp3) is 1.00. The van der Waals surface area contributed by atoms with E-state index in [9.17, 15) is 8.77 Å². The first kappa shape index (κ1) is 10.3. The van der Waals surface area contributed by atoms with Crippen LogP contribution in [0.4, 0.5) is 0 Å². The van der Waals surface area contributed by atoms with Gasteiger partial charge in [-0.15, -0.1) is 0 Å². The van der Waals surface area contributed by atoms with E-state index in [0.29, 0.717) is 0 Å². The van der Waals surface area contributed by atoms with E-state index in [1.165, 1.54) is 6.92 Å². The van der Waals surface area contributed by atoms with Gasteiger partial charge in [0.25, 0.3) is 0 Å². The molecule has 3 N–H and O–H groups in total. The highest BCUT2D eigenvalue weighted by Gasteiger charge is 2.25. The van der Waals surface area contributed by atoms with Crippen molar-refractivity contribution in [3.8, 4) is 0 Å². The number of hydrogen-bond acceptors (Lipinski definition) is 2. The Hall–Kier alpha value is 0.260. The minimum atomic E-state index is -4.16. The highest BCUT2D eigenvalue weighted by atomic mass is 32.2. The molecule has 0 spiro atoms. The molecule has 0 rings (SSSR count). The fourth-order valence-electron chi connectivity index (χ4n) is 0.303. The summed E-state index contributed by atoms with van der Waals surface area (Å²) in [4.78, 5) is 16.8. The summed E-state index contributed by atoms with van der Waals surface area (Å²) in [6, 6.07) is 0. The van der Waals surface area contributed by atoms with Crippen molar-refractivity contribution in [1.29, 1.82) is 0 Å². The first-order valence-electron chi connectivity index (χ1n) is 2.46. The monoisotopic (exact) mass is 188 g/mol. The molecule has 0 aromatic rings. The topological polar surface area (TPSA) is 94.8 Å². The van der Waals surface area contributed by atoms with E-state index in [1.807, 2.05) is 0 Å². The molecular weight excluding hydrogens is 179 g/mol. The summed E-state index contributed by atoms with van der Waals surface area (Å²) < 4.78 is 28.6. The average molecular weight is 188 g/mol. The molecule has 0 aliphatic carbocycles. The molecule has 0 heterocycles. The summed E-state index contributed by atoms with van der Waals surface area (Å²) >= 11 is -2.13. The van der Waals surface area contributed by atoms with Crippen molar-refractivity contribution in [2.45, 2.75) is 12.6 Å². The van der Waals surface area contributed by atoms with Crippen molar-refractivity contribution >= 4 is 18.7 Å². The third kappa shape index (κ3) is 4.14. The summed E-state index contributed by atoms with van der Waals surface area (Å²) in [5.41, 5.74) is -1.04. The Balaban J connectivity index is 3.98. The number of hydrogen-bond donors (Lipinski definition) is 3. The van der Waals surface area contributed by atoms with E-state index in [1.54, 1.807) is 0 Å². The molecule has 62 valence electrons. The smallest absolute Gasteiger partial charge is 0.324 e. The van der Waals surface area contributed by atoms with Crippen LogP contribution in [0.25, 0.3) is 0 Å². The SMILES string of the molecule is CC(CS(=O)O)P(=O)(O)O. The van der Waals surface area contributed by atoms with Gasteiger partial charge < -0.3 is 14.3 Å². The molecule has 0 saturated carbocycles. The van der Waals surface area contributed by atoms with Gasteiger partial charge >= 0.3 is 7.60 Å². The van der Waals surface area contributed by atoms with Gasteiger partial charge in [-0.25, -0.2) is 4.21 Å². The van der Waals surface area contributed by atoms with Crippen LogP contribution < -0.4 is 0 Å². The van der Waals surface area contributed by atoms with E-state index in [0.717, 1.165) is 0 Å². The molecule has 0 aromatic heterocycles. The van der Waals surface area contributed by atoms with Crippen LogP contribution in [0.15, 0.2) is 0 Å². The normalized spacial score (nSPS) is 18.4. The van der Waals surface area contributed by atoms with Crippen LogP contribution >= 0.6 is 7.60 Å². The molecule has 0 aliphatic heterocycles. The van der Waals surface area contributed by atoms with Gasteiger partial charge in [0.05, 0.1) is 11.4 Å². The fourth-order valence-corrected chi connectivity index (χ4v) is 1.88. The zero-order valence-corrected chi connectivity index (χ0v) is 7.01. The second-order valence-corrected chi connectivity index (χ2v) is 4.96. The zero-order valence-electron chi connectivity index (χ0n) is 5.30. The first-order valence-corrected chi connectivity index (χ1v) is 5.42. The predicted molar refractivity (Wildman–Crippen MR) is 37.1 cm³/mol. The molecule has 0 fully saturated rings. The molecule has 7 heteroatoms. The maximum absolute atomic E-state index is 10.3. The van der Waals surface area contributed by atoms with Gasteiger partial charge in [-0.1, -0.05) is 6.92 Å². The third-order valence-electron chi connectivity index (χ3n) is 0.958. The van der Waals surface area contributed by atoms with Crippen LogP contribution in [0.2, 0.25) is 0 Å². The third-order valence-corrected chi connectivity index (χ3v) is 3.32. The van der Waals surface area contributed by atoms with Crippen LogP contribution in [-0.2, 0) is 15.6 Å². The second-order valence-electron chi connectivity index (χ2n) is 1.93. The largest absolute Gasteiger partial charge is 0.329 e. The van der Waals surface area contributed by atoms with Gasteiger partial charge in [-0.3, -0.25) is 4.57 Å². The van der Waals surface area contributed by atoms with Gasteiger partial charge in [-0.05, 0) is 0 Å². The summed E-state index contributed by atoms with van der Waals surface area (Å²) in [7, 11) is -4.16. The quantitative estimate of drug-likeness (QED) is 0.420. The lowest BCUT2D eigenvalue weighted by molar-refractivity contribution is 0.363. The van der Waals surface area contributed by atoms with E-state index in [-0.39, 0.29) is 5.75 Å². The van der Waals surface area contributed by atoms with Crippen molar-refractivity contribution in [2.75, 3.05) is 5.75 Å². The summed E-state index contributed by atoms with van der Waals surface area (Å²) in [5.74, 6) is -0.385. The highest BCUT2D eigenvalue weighted by Crippen LogP contribution is 2.40. The number of rotatable bonds is 3. The minimum Gasteiger partial charge on any atom is -0.324 e. The molecular formula is C3H9O5PS. The molecule has 0 radical (unpaired) electrons. The van der Waals surface area contributed by atoms with Crippen LogP contribution in [-0.4, -0.2) is 30.0 Å². The van der Waals surface area contributed by atoms with E-state index in [4.69, 9.17) is 14.3 Å². The van der Waals surface area contributed by atoms with E-state index >= 15 is 0 Å². The molecule has 0 amide bonds. The van der Waals surface area contributed by atoms with Crippen LogP contribution in [0.3, 0.4) is 0 Å². The second kappa shape index (κ2) is 3.59. The van der Waals surface area contributed by atoms with Crippen molar-refractivity contribution in [3.05, 3.63) is 0 Å². The van der Waals surface area contributed by atoms with Gasteiger partial charge in [0, 0.05) is 0 Å². The average Bonchev–Trinajstić information content (AvgIpc) is 1.60. The Bertz CT molecular complexity index is 174. The molecule has 0 saturated heterocycles. The van der Waals surface area contributed by atoms with Crippen molar-refractivity contribution < 1.29 is 23.1 Å². The van der Waals surface area contributed by atoms with Crippen LogP contribution in [0.5, 0.6) is 0 Å². The highest BCUT2D eigenvalue weighted by molar-refractivity contribution is 7.79. The lowest BCUT2D eigenvalue weighted by atomic mass is 10.6. The molecule has 5 nitrogen and oxygen atoms in total. The van der Waals surface area contributed by atoms with Crippen molar-refractivity contribution in [1.82, 2.24) is 0 Å². The predicted octanol–water partition coefficient (Wildman–Crippen LogP) is -0.226. The van der Waals surface area contributed by atoms with Gasteiger partial charge in [-0.2, -0.15) is 0 Å². The Morgan fingerprint density at radius 1 is 1.60 bits per heavy atom. The molecule has 0 bridgehead atoms. The van der Waals surface area contributed by atoms with Gasteiger partial charge in [0.1, 0.15) is 0 Å². The van der Waals surface area contributed by atoms with Crippen LogP contribution in [0, 0.1) is 0 Å². The maximum atomic E-state index is 10.3. The lowest BCUT2D eigenvalue weighted by Gasteiger charge is -2.09. The molecule has 10 heavy (non-hydrogen) atoms. The van der Waals surface area contributed by atoms with Crippen LogP contribution in [0.1, 0.15) is 6.92 Å². The Morgan fingerprint density at radius 2 is 2.00 bits per heavy atom. The molecule has 2 unspecified atom stereocenters. The summed E-state index contributed by atoms with van der Waals surface area (Å²) in [5, 5.41) is 0. The Kier molecular flexibility index (Phi) is 3.69. The van der Waals surface area contributed by atoms with Crippen molar-refractivity contribution in [3.63, 3.8) is 0 Å². The molecule has 0 aliphatic rings. The van der Waals surface area contributed by atoms with E-state index < -0.39 is 24.3 Å². The zero-order chi connectivity index (χ0) is 8.36. The summed E-state index contributed by atoms with van der Waals surface area (Å²) in [6.45, 7) is 1.23. The van der Waals surface area contributed by atoms with E-state index in [2.05, 4.69) is 0 Å². The maximum Gasteiger partial charge on any atom is 0.329 e. The molecule has 2 atom stereocenters. The lowest BCUT2D eigenvalue weighted by Crippen LogP contribution is -2.12. The Morgan fingerprint density at radius 3 is 2.10 bits per heavy atom. The standard InChI is InChI=1S/C3H9O5PS/c1-3(2-10(7)8)9(4,5)6/h3H,2H2,1H3,(H,7,8)(H2,4,5,6). The van der Waals surface area contributed by atoms with Crippen molar-refractivity contribution in [2.24, 2.45) is 0 Å². The Labute approximate surface area is 60.9 Å². The first-order chi connectivity index (χ1) is 4.34. The summed E-state index contributed by atoms with van der Waals surface area (Å²) in [6.07, 6.45) is 0. The van der Waals surface area contributed by atoms with Gasteiger partial charge in [0.2, 0.25) is 0 Å². The minimum absolute atomic E-state index is 0.385. The molecule has 0 aromatic carbocycles.